The Morgan fingerprint density at radius 2 is 1.89 bits per heavy atom. The summed E-state index contributed by atoms with van der Waals surface area (Å²) in [7, 11) is 1.33. The Balaban J connectivity index is 3.56. The molecule has 1 rings (SSSR count). The van der Waals surface area contributed by atoms with E-state index in [0.717, 1.165) is 0 Å². The van der Waals surface area contributed by atoms with E-state index in [4.69, 9.17) is 10.2 Å². The van der Waals surface area contributed by atoms with E-state index in [0.29, 0.717) is 5.56 Å². The highest BCUT2D eigenvalue weighted by atomic mass is 16.5. The Bertz CT molecular complexity index is 319. The maximum Gasteiger partial charge on any atom is 0.118 e. The minimum atomic E-state index is -0.124. The van der Waals surface area contributed by atoms with Gasteiger partial charge in [-0.3, -0.25) is 0 Å². The summed E-state index contributed by atoms with van der Waals surface area (Å²) in [5.74, 6) is 0.000556. The largest absolute Gasteiger partial charge is 0.497 e. The average molecular weight is 126 g/mol. The first kappa shape index (κ1) is 2.74. The highest BCUT2D eigenvalue weighted by Crippen LogP contribution is 2.09. The quantitative estimate of drug-likeness (QED) is 0.559. The highest BCUT2D eigenvalue weighted by Gasteiger charge is 1.85. The maximum atomic E-state index is 7.46. The van der Waals surface area contributed by atoms with Gasteiger partial charge in [-0.05, 0) is 19.0 Å². The molecule has 0 heterocycles. The van der Waals surface area contributed by atoms with Gasteiger partial charge in [0.2, 0.25) is 0 Å². The average Bonchev–Trinajstić information content (AvgIpc) is 2.13. The summed E-state index contributed by atoms with van der Waals surface area (Å²) >= 11 is 0. The summed E-state index contributed by atoms with van der Waals surface area (Å²) in [6.07, 6.45) is 0. The number of methoxy groups -OCH3 is 1. The second-order valence-corrected chi connectivity index (χ2v) is 1.66. The van der Waals surface area contributed by atoms with Gasteiger partial charge >= 0.3 is 0 Å². The minimum Gasteiger partial charge on any atom is -0.497 e. The molecule has 0 aromatic heterocycles. The van der Waals surface area contributed by atoms with E-state index in [1.54, 1.807) is 6.92 Å². The molecule has 9 heavy (non-hydrogen) atoms. The highest BCUT2D eigenvalue weighted by molar-refractivity contribution is 5.25. The topological polar surface area (TPSA) is 9.23 Å². The SMILES string of the molecule is [2H]c1c([2H])c(OC)c([2H])c([2H])c1C. The predicted octanol–water partition coefficient (Wildman–Crippen LogP) is 2.00. The zero-order valence-corrected chi connectivity index (χ0v) is 5.41. The molecule has 0 amide bonds. The van der Waals surface area contributed by atoms with Crippen molar-refractivity contribution < 1.29 is 10.2 Å². The van der Waals surface area contributed by atoms with E-state index >= 15 is 0 Å². The molecule has 48 valence electrons. The number of rotatable bonds is 1. The van der Waals surface area contributed by atoms with E-state index in [9.17, 15) is 0 Å². The van der Waals surface area contributed by atoms with Crippen molar-refractivity contribution in [3.63, 3.8) is 0 Å². The van der Waals surface area contributed by atoms with Crippen LogP contribution in [0.15, 0.2) is 24.2 Å². The lowest BCUT2D eigenvalue weighted by atomic mass is 10.2. The summed E-state index contributed by atoms with van der Waals surface area (Å²) < 4.78 is 34.6. The minimum absolute atomic E-state index is 0.000556. The second kappa shape index (κ2) is 2.53. The normalized spacial score (nSPS) is 15.3. The summed E-state index contributed by atoms with van der Waals surface area (Å²) in [4.78, 5) is 0. The molecule has 0 aliphatic heterocycles. The first-order valence-electron chi connectivity index (χ1n) is 4.61. The Morgan fingerprint density at radius 1 is 1.33 bits per heavy atom. The van der Waals surface area contributed by atoms with Crippen LogP contribution in [0.4, 0.5) is 0 Å². The monoisotopic (exact) mass is 126 g/mol. The lowest BCUT2D eigenvalue weighted by Crippen LogP contribution is -1.80. The van der Waals surface area contributed by atoms with Crippen molar-refractivity contribution in [1.82, 2.24) is 0 Å². The summed E-state index contributed by atoms with van der Waals surface area (Å²) in [5.41, 5.74) is 0.343. The van der Waals surface area contributed by atoms with E-state index in [1.165, 1.54) is 7.11 Å². The molecule has 0 bridgehead atoms. The molecule has 0 atom stereocenters. The van der Waals surface area contributed by atoms with Gasteiger partial charge in [-0.2, -0.15) is 0 Å². The Kier molecular flexibility index (Phi) is 0.770. The van der Waals surface area contributed by atoms with Crippen LogP contribution in [0.3, 0.4) is 0 Å². The van der Waals surface area contributed by atoms with Gasteiger partial charge in [0.15, 0.2) is 0 Å². The lowest BCUT2D eigenvalue weighted by Gasteiger charge is -1.97. The molecule has 1 heteroatoms. The lowest BCUT2D eigenvalue weighted by molar-refractivity contribution is 0.414. The molecular weight excluding hydrogens is 112 g/mol. The van der Waals surface area contributed by atoms with Gasteiger partial charge in [-0.15, -0.1) is 0 Å². The molecule has 1 nitrogen and oxygen atoms in total. The molecule has 0 spiro atoms. The fourth-order valence-electron chi connectivity index (χ4n) is 0.466. The fourth-order valence-corrected chi connectivity index (χ4v) is 0.466. The maximum absolute atomic E-state index is 7.46. The molecule has 0 aliphatic rings. The Morgan fingerprint density at radius 3 is 2.33 bits per heavy atom. The van der Waals surface area contributed by atoms with E-state index < -0.39 is 0 Å². The third kappa shape index (κ3) is 1.46. The zero-order valence-electron chi connectivity index (χ0n) is 9.41. The number of benzene rings is 1. The molecular formula is C8H10O. The van der Waals surface area contributed by atoms with Crippen LogP contribution in [0.5, 0.6) is 5.75 Å². The van der Waals surface area contributed by atoms with E-state index in [-0.39, 0.29) is 29.9 Å². The molecule has 0 radical (unpaired) electrons. The van der Waals surface area contributed by atoms with Crippen molar-refractivity contribution in [2.75, 3.05) is 7.11 Å². The van der Waals surface area contributed by atoms with E-state index in [1.807, 2.05) is 0 Å². The molecule has 0 unspecified atom stereocenters. The van der Waals surface area contributed by atoms with Gasteiger partial charge in [0, 0.05) is 0 Å². The molecule has 0 N–H and O–H groups in total. The summed E-state index contributed by atoms with van der Waals surface area (Å²) in [6.45, 7) is 1.56. The van der Waals surface area contributed by atoms with Crippen LogP contribution in [0.2, 0.25) is 0 Å². The smallest absolute Gasteiger partial charge is 0.118 e. The Hall–Kier alpha value is -0.980. The van der Waals surface area contributed by atoms with Crippen molar-refractivity contribution in [3.8, 4) is 5.75 Å². The molecule has 1 aromatic carbocycles. The van der Waals surface area contributed by atoms with Gasteiger partial charge in [-0.25, -0.2) is 0 Å². The molecule has 0 fully saturated rings. The summed E-state index contributed by atoms with van der Waals surface area (Å²) in [6, 6.07) is -0.335. The van der Waals surface area contributed by atoms with Crippen LogP contribution >= 0.6 is 0 Å². The predicted molar refractivity (Wildman–Crippen MR) is 37.7 cm³/mol. The van der Waals surface area contributed by atoms with Crippen molar-refractivity contribution in [2.45, 2.75) is 6.92 Å². The van der Waals surface area contributed by atoms with Gasteiger partial charge in [0.05, 0.1) is 12.6 Å². The van der Waals surface area contributed by atoms with Crippen LogP contribution in [0, 0.1) is 6.92 Å². The molecule has 1 aromatic rings. The van der Waals surface area contributed by atoms with Gasteiger partial charge < -0.3 is 4.74 Å². The number of hydrogen-bond donors (Lipinski definition) is 0. The first-order chi connectivity index (χ1) is 6.00. The van der Waals surface area contributed by atoms with E-state index in [2.05, 4.69) is 0 Å². The number of hydrogen-bond acceptors (Lipinski definition) is 1. The first-order valence-corrected chi connectivity index (χ1v) is 2.61. The number of ether oxygens (including phenoxy) is 1. The van der Waals surface area contributed by atoms with Crippen LogP contribution in [0.25, 0.3) is 0 Å². The van der Waals surface area contributed by atoms with Crippen molar-refractivity contribution in [1.29, 1.82) is 0 Å². The second-order valence-electron chi connectivity index (χ2n) is 1.66. The van der Waals surface area contributed by atoms with Crippen molar-refractivity contribution in [2.24, 2.45) is 0 Å². The van der Waals surface area contributed by atoms with Crippen LogP contribution < -0.4 is 4.74 Å². The fraction of sp³-hybridized carbons (Fsp3) is 0.250. The van der Waals surface area contributed by atoms with Crippen LogP contribution in [-0.2, 0) is 0 Å². The zero-order chi connectivity index (χ0) is 10.2. The molecule has 0 aliphatic carbocycles. The van der Waals surface area contributed by atoms with Gasteiger partial charge in [0.25, 0.3) is 0 Å². The third-order valence-corrected chi connectivity index (χ3v) is 0.931. The van der Waals surface area contributed by atoms with Crippen molar-refractivity contribution >= 4 is 0 Å². The van der Waals surface area contributed by atoms with Crippen LogP contribution in [-0.4, -0.2) is 7.11 Å². The van der Waals surface area contributed by atoms with Gasteiger partial charge in [0.1, 0.15) is 5.75 Å². The van der Waals surface area contributed by atoms with Gasteiger partial charge in [-0.1, -0.05) is 17.6 Å². The molecule has 0 saturated heterocycles. The standard InChI is InChI=1S/C8H10O/c1-7-3-5-8(9-2)6-4-7/h3-6H,1-2H3/i3D,4D,5D,6D. The Labute approximate surface area is 60.9 Å². The molecule has 0 saturated carbocycles. The summed E-state index contributed by atoms with van der Waals surface area (Å²) in [5, 5.41) is 0. The van der Waals surface area contributed by atoms with Crippen molar-refractivity contribution in [3.05, 3.63) is 29.7 Å². The van der Waals surface area contributed by atoms with Crippen LogP contribution in [0.1, 0.15) is 11.0 Å². The third-order valence-electron chi connectivity index (χ3n) is 0.931.